The van der Waals surface area contributed by atoms with Crippen LogP contribution in [0.3, 0.4) is 0 Å². The fourth-order valence-electron chi connectivity index (χ4n) is 2.69. The minimum absolute atomic E-state index is 0.168. The summed E-state index contributed by atoms with van der Waals surface area (Å²) in [5.74, 6) is 0. The summed E-state index contributed by atoms with van der Waals surface area (Å²) in [5.41, 5.74) is 0. The number of hydrogen-bond acceptors (Lipinski definition) is 3. The van der Waals surface area contributed by atoms with Crippen molar-refractivity contribution in [3.05, 3.63) is 0 Å². The van der Waals surface area contributed by atoms with Gasteiger partial charge < -0.3 is 10.4 Å². The van der Waals surface area contributed by atoms with E-state index in [1.165, 1.54) is 12.8 Å². The van der Waals surface area contributed by atoms with Crippen LogP contribution in [-0.4, -0.2) is 41.4 Å². The molecule has 2 saturated heterocycles. The normalized spacial score (nSPS) is 38.3. The van der Waals surface area contributed by atoms with Crippen LogP contribution < -0.4 is 5.32 Å². The first-order valence-electron chi connectivity index (χ1n) is 5.45. The SMILES string of the molecule is C[C@@H]1CCC(O)N1C1CCNCC1. The molecular weight excluding hydrogens is 164 g/mol. The van der Waals surface area contributed by atoms with Gasteiger partial charge in [0.1, 0.15) is 6.23 Å². The van der Waals surface area contributed by atoms with Crippen LogP contribution in [0.4, 0.5) is 0 Å². The highest BCUT2D eigenvalue weighted by Crippen LogP contribution is 2.27. The van der Waals surface area contributed by atoms with Crippen molar-refractivity contribution >= 4 is 0 Å². The van der Waals surface area contributed by atoms with E-state index >= 15 is 0 Å². The second kappa shape index (κ2) is 3.95. The lowest BCUT2D eigenvalue weighted by Crippen LogP contribution is -2.48. The maximum absolute atomic E-state index is 9.82. The lowest BCUT2D eigenvalue weighted by molar-refractivity contribution is -0.0184. The zero-order valence-corrected chi connectivity index (χ0v) is 8.37. The fourth-order valence-corrected chi connectivity index (χ4v) is 2.69. The number of nitrogens with zero attached hydrogens (tertiary/aromatic N) is 1. The van der Waals surface area contributed by atoms with Crippen molar-refractivity contribution in [3.8, 4) is 0 Å². The summed E-state index contributed by atoms with van der Waals surface area (Å²) in [6.07, 6.45) is 4.34. The van der Waals surface area contributed by atoms with Crippen LogP contribution in [0.1, 0.15) is 32.6 Å². The average molecular weight is 184 g/mol. The molecule has 1 unspecified atom stereocenters. The molecule has 0 aromatic heterocycles. The molecule has 3 heteroatoms. The molecule has 2 aliphatic heterocycles. The smallest absolute Gasteiger partial charge is 0.107 e. The first kappa shape index (κ1) is 9.44. The monoisotopic (exact) mass is 184 g/mol. The highest BCUT2D eigenvalue weighted by Gasteiger charge is 2.34. The highest BCUT2D eigenvalue weighted by molar-refractivity contribution is 4.87. The lowest BCUT2D eigenvalue weighted by Gasteiger charge is -2.36. The number of likely N-dealkylation sites (tertiary alicyclic amines) is 1. The first-order valence-corrected chi connectivity index (χ1v) is 5.45. The Labute approximate surface area is 80.1 Å². The van der Waals surface area contributed by atoms with Crippen molar-refractivity contribution < 1.29 is 5.11 Å². The summed E-state index contributed by atoms with van der Waals surface area (Å²) in [7, 11) is 0. The molecule has 0 aromatic rings. The molecule has 2 rings (SSSR count). The second-order valence-electron chi connectivity index (χ2n) is 4.34. The van der Waals surface area contributed by atoms with Crippen LogP contribution in [0.25, 0.3) is 0 Å². The molecule has 0 saturated carbocycles. The predicted molar refractivity (Wildman–Crippen MR) is 52.4 cm³/mol. The molecule has 13 heavy (non-hydrogen) atoms. The van der Waals surface area contributed by atoms with Crippen LogP contribution >= 0.6 is 0 Å². The average Bonchev–Trinajstić information content (AvgIpc) is 2.48. The Morgan fingerprint density at radius 2 is 1.85 bits per heavy atom. The molecule has 76 valence electrons. The van der Waals surface area contributed by atoms with E-state index in [0.717, 1.165) is 25.9 Å². The van der Waals surface area contributed by atoms with E-state index in [2.05, 4.69) is 17.1 Å². The zero-order valence-electron chi connectivity index (χ0n) is 8.37. The summed E-state index contributed by atoms with van der Waals surface area (Å²) in [5, 5.41) is 13.2. The topological polar surface area (TPSA) is 35.5 Å². The van der Waals surface area contributed by atoms with Gasteiger partial charge in [-0.2, -0.15) is 0 Å². The molecule has 0 amide bonds. The van der Waals surface area contributed by atoms with Gasteiger partial charge in [-0.1, -0.05) is 0 Å². The molecule has 3 nitrogen and oxygen atoms in total. The van der Waals surface area contributed by atoms with E-state index in [-0.39, 0.29) is 6.23 Å². The molecule has 0 spiro atoms. The van der Waals surface area contributed by atoms with Gasteiger partial charge in [0, 0.05) is 12.1 Å². The third-order valence-corrected chi connectivity index (χ3v) is 3.43. The number of rotatable bonds is 1. The Hall–Kier alpha value is -0.120. The maximum atomic E-state index is 9.82. The van der Waals surface area contributed by atoms with Crippen LogP contribution in [0.15, 0.2) is 0 Å². The molecule has 0 radical (unpaired) electrons. The Bertz CT molecular complexity index is 158. The molecule has 2 atom stereocenters. The van der Waals surface area contributed by atoms with Gasteiger partial charge in [0.15, 0.2) is 0 Å². The largest absolute Gasteiger partial charge is 0.378 e. The summed E-state index contributed by atoms with van der Waals surface area (Å²) in [6.45, 7) is 4.46. The summed E-state index contributed by atoms with van der Waals surface area (Å²) in [6, 6.07) is 1.20. The minimum Gasteiger partial charge on any atom is -0.378 e. The van der Waals surface area contributed by atoms with Gasteiger partial charge in [-0.05, 0) is 45.7 Å². The number of hydrogen-bond donors (Lipinski definition) is 2. The Morgan fingerprint density at radius 3 is 2.38 bits per heavy atom. The van der Waals surface area contributed by atoms with E-state index in [4.69, 9.17) is 0 Å². The minimum atomic E-state index is -0.168. The van der Waals surface area contributed by atoms with E-state index in [9.17, 15) is 5.11 Å². The van der Waals surface area contributed by atoms with Crippen molar-refractivity contribution in [2.24, 2.45) is 0 Å². The van der Waals surface area contributed by atoms with Crippen LogP contribution in [-0.2, 0) is 0 Å². The van der Waals surface area contributed by atoms with Crippen LogP contribution in [0.2, 0.25) is 0 Å². The molecule has 2 heterocycles. The van der Waals surface area contributed by atoms with E-state index in [1.54, 1.807) is 0 Å². The highest BCUT2D eigenvalue weighted by atomic mass is 16.3. The standard InChI is InChI=1S/C10H20N2O/c1-8-2-3-10(13)12(8)9-4-6-11-7-5-9/h8-11,13H,2-7H2,1H3/t8-,10?/m1/s1. The van der Waals surface area contributed by atoms with Crippen molar-refractivity contribution in [2.75, 3.05) is 13.1 Å². The number of aliphatic hydroxyl groups is 1. The molecule has 2 fully saturated rings. The number of aliphatic hydroxyl groups excluding tert-OH is 1. The van der Waals surface area contributed by atoms with Gasteiger partial charge in [0.2, 0.25) is 0 Å². The quantitative estimate of drug-likeness (QED) is 0.624. The molecule has 0 aliphatic carbocycles. The lowest BCUT2D eigenvalue weighted by atomic mass is 10.0. The zero-order chi connectivity index (χ0) is 9.26. The predicted octanol–water partition coefficient (Wildman–Crippen LogP) is 0.541. The van der Waals surface area contributed by atoms with Gasteiger partial charge in [-0.15, -0.1) is 0 Å². The Morgan fingerprint density at radius 1 is 1.15 bits per heavy atom. The van der Waals surface area contributed by atoms with E-state index in [1.807, 2.05) is 0 Å². The van der Waals surface area contributed by atoms with Gasteiger partial charge in [-0.25, -0.2) is 0 Å². The second-order valence-corrected chi connectivity index (χ2v) is 4.34. The van der Waals surface area contributed by atoms with Gasteiger partial charge in [-0.3, -0.25) is 4.90 Å². The molecule has 2 N–H and O–H groups in total. The van der Waals surface area contributed by atoms with Crippen molar-refractivity contribution in [3.63, 3.8) is 0 Å². The first-order chi connectivity index (χ1) is 6.29. The summed E-state index contributed by atoms with van der Waals surface area (Å²) in [4.78, 5) is 2.32. The fraction of sp³-hybridized carbons (Fsp3) is 1.00. The summed E-state index contributed by atoms with van der Waals surface area (Å²) >= 11 is 0. The van der Waals surface area contributed by atoms with Crippen molar-refractivity contribution in [2.45, 2.75) is 50.9 Å². The Balaban J connectivity index is 1.96. The summed E-state index contributed by atoms with van der Waals surface area (Å²) < 4.78 is 0. The number of piperidine rings is 1. The van der Waals surface area contributed by atoms with Gasteiger partial charge >= 0.3 is 0 Å². The van der Waals surface area contributed by atoms with Crippen LogP contribution in [0.5, 0.6) is 0 Å². The molecule has 0 bridgehead atoms. The maximum Gasteiger partial charge on any atom is 0.107 e. The van der Waals surface area contributed by atoms with Gasteiger partial charge in [0.05, 0.1) is 0 Å². The van der Waals surface area contributed by atoms with E-state index < -0.39 is 0 Å². The van der Waals surface area contributed by atoms with Crippen molar-refractivity contribution in [1.29, 1.82) is 0 Å². The molecule has 2 aliphatic rings. The molecular formula is C10H20N2O. The third kappa shape index (κ3) is 1.87. The number of nitrogens with one attached hydrogen (secondary N) is 1. The van der Waals surface area contributed by atoms with Crippen LogP contribution in [0, 0.1) is 0 Å². The van der Waals surface area contributed by atoms with Crippen molar-refractivity contribution in [1.82, 2.24) is 10.2 Å². The van der Waals surface area contributed by atoms with Gasteiger partial charge in [0.25, 0.3) is 0 Å². The third-order valence-electron chi connectivity index (χ3n) is 3.43. The van der Waals surface area contributed by atoms with E-state index in [0.29, 0.717) is 12.1 Å². The Kier molecular flexibility index (Phi) is 2.86. The molecule has 0 aromatic carbocycles.